The third-order valence-corrected chi connectivity index (χ3v) is 4.30. The van der Waals surface area contributed by atoms with Gasteiger partial charge in [-0.3, -0.25) is 0 Å². The average molecular weight is 320 g/mol. The maximum absolute atomic E-state index is 13.2. The van der Waals surface area contributed by atoms with Crippen LogP contribution in [-0.4, -0.2) is 0 Å². The number of furan rings is 1. The molecule has 2 N–H and O–H groups in total. The fourth-order valence-corrected chi connectivity index (χ4v) is 2.92. The Morgan fingerprint density at radius 1 is 0.909 bits per heavy atom. The number of fused-ring (bicyclic) bond motifs is 1. The van der Waals surface area contributed by atoms with Gasteiger partial charge in [0.2, 0.25) is 0 Å². The normalized spacial score (nSPS) is 10.8. The van der Waals surface area contributed by atoms with E-state index >= 15 is 0 Å². The van der Waals surface area contributed by atoms with E-state index in [-0.39, 0.29) is 18.2 Å². The van der Waals surface area contributed by atoms with E-state index in [0.29, 0.717) is 0 Å². The molecule has 0 fully saturated rings. The van der Waals surface area contributed by atoms with Crippen molar-refractivity contribution in [3.63, 3.8) is 0 Å². The number of nitrogens with two attached hydrogens (primary N) is 1. The monoisotopic (exact) mass is 319 g/mol. The second-order valence-corrected chi connectivity index (χ2v) is 5.53. The summed E-state index contributed by atoms with van der Waals surface area (Å²) >= 11 is 0. The fourth-order valence-electron chi connectivity index (χ4n) is 2.92. The Balaban J connectivity index is 0.00000176. The Morgan fingerprint density at radius 3 is 2.09 bits per heavy atom. The summed E-state index contributed by atoms with van der Waals surface area (Å²) in [6, 6.07) is 6.48. The van der Waals surface area contributed by atoms with Crippen LogP contribution in [0, 0.1) is 33.5 Å². The molecule has 0 bridgehead atoms. The highest BCUT2D eigenvalue weighted by Gasteiger charge is 2.20. The van der Waals surface area contributed by atoms with Crippen LogP contribution in [0.4, 0.5) is 10.1 Å². The topological polar surface area (TPSA) is 39.2 Å². The van der Waals surface area contributed by atoms with Crippen molar-refractivity contribution in [1.29, 1.82) is 0 Å². The van der Waals surface area contributed by atoms with E-state index in [9.17, 15) is 4.39 Å². The second-order valence-electron chi connectivity index (χ2n) is 5.53. The molecule has 0 spiro atoms. The summed E-state index contributed by atoms with van der Waals surface area (Å²) in [4.78, 5) is 0. The van der Waals surface area contributed by atoms with E-state index in [1.165, 1.54) is 12.1 Å². The third-order valence-electron chi connectivity index (χ3n) is 4.30. The highest BCUT2D eigenvalue weighted by atomic mass is 35.5. The third kappa shape index (κ3) is 2.26. The summed E-state index contributed by atoms with van der Waals surface area (Å²) in [6.07, 6.45) is 0. The molecule has 0 aliphatic rings. The van der Waals surface area contributed by atoms with Crippen molar-refractivity contribution in [2.45, 2.75) is 27.7 Å². The van der Waals surface area contributed by atoms with Gasteiger partial charge in [0.1, 0.15) is 17.2 Å². The zero-order chi connectivity index (χ0) is 15.3. The summed E-state index contributed by atoms with van der Waals surface area (Å²) in [7, 11) is 0. The van der Waals surface area contributed by atoms with Gasteiger partial charge >= 0.3 is 0 Å². The minimum atomic E-state index is -0.243. The van der Waals surface area contributed by atoms with Crippen molar-refractivity contribution < 1.29 is 8.81 Å². The molecular formula is C18H19ClFNO. The lowest BCUT2D eigenvalue weighted by molar-refractivity contribution is 0.577. The summed E-state index contributed by atoms with van der Waals surface area (Å²) < 4.78 is 19.1. The number of anilines is 1. The molecule has 116 valence electrons. The molecule has 4 heteroatoms. The van der Waals surface area contributed by atoms with Crippen LogP contribution in [0.15, 0.2) is 28.7 Å². The van der Waals surface area contributed by atoms with Gasteiger partial charge in [-0.05, 0) is 62.1 Å². The Labute approximate surface area is 135 Å². The first-order valence-electron chi connectivity index (χ1n) is 6.96. The van der Waals surface area contributed by atoms with E-state index in [0.717, 1.165) is 50.2 Å². The number of rotatable bonds is 1. The van der Waals surface area contributed by atoms with Crippen LogP contribution in [0.2, 0.25) is 0 Å². The van der Waals surface area contributed by atoms with Crippen LogP contribution < -0.4 is 5.73 Å². The van der Waals surface area contributed by atoms with Crippen LogP contribution in [0.5, 0.6) is 0 Å². The first-order valence-corrected chi connectivity index (χ1v) is 6.96. The Morgan fingerprint density at radius 2 is 1.50 bits per heavy atom. The largest absolute Gasteiger partial charge is 0.460 e. The highest BCUT2D eigenvalue weighted by molar-refractivity contribution is 6.02. The molecule has 3 rings (SSSR count). The summed E-state index contributed by atoms with van der Waals surface area (Å²) in [5.74, 6) is 0.584. The molecule has 0 aliphatic heterocycles. The maximum Gasteiger partial charge on any atom is 0.138 e. The summed E-state index contributed by atoms with van der Waals surface area (Å²) in [5, 5.41) is 1.03. The number of aryl methyl sites for hydroxylation is 3. The smallest absolute Gasteiger partial charge is 0.138 e. The Kier molecular flexibility index (Phi) is 4.21. The minimum Gasteiger partial charge on any atom is -0.460 e. The first-order chi connectivity index (χ1) is 9.91. The van der Waals surface area contributed by atoms with Crippen molar-refractivity contribution in [3.05, 3.63) is 52.5 Å². The predicted molar refractivity (Wildman–Crippen MR) is 92.2 cm³/mol. The van der Waals surface area contributed by atoms with E-state index in [2.05, 4.69) is 0 Å². The molecule has 0 aliphatic carbocycles. The number of benzene rings is 2. The van der Waals surface area contributed by atoms with Gasteiger partial charge in [0.05, 0.1) is 0 Å². The molecule has 0 saturated carbocycles. The summed E-state index contributed by atoms with van der Waals surface area (Å²) in [6.45, 7) is 7.96. The fraction of sp³-hybridized carbons (Fsp3) is 0.222. The quantitative estimate of drug-likeness (QED) is 0.603. The van der Waals surface area contributed by atoms with E-state index in [4.69, 9.17) is 10.2 Å². The molecule has 0 radical (unpaired) electrons. The zero-order valence-corrected chi connectivity index (χ0v) is 13.9. The van der Waals surface area contributed by atoms with Crippen molar-refractivity contribution in [2.24, 2.45) is 0 Å². The lowest BCUT2D eigenvalue weighted by Crippen LogP contribution is -1.97. The van der Waals surface area contributed by atoms with Crippen LogP contribution in [0.25, 0.3) is 22.1 Å². The zero-order valence-electron chi connectivity index (χ0n) is 13.1. The van der Waals surface area contributed by atoms with Gasteiger partial charge in [-0.1, -0.05) is 12.1 Å². The molecular weight excluding hydrogens is 301 g/mol. The van der Waals surface area contributed by atoms with Crippen molar-refractivity contribution >= 4 is 29.1 Å². The van der Waals surface area contributed by atoms with Crippen LogP contribution in [-0.2, 0) is 0 Å². The van der Waals surface area contributed by atoms with E-state index in [1.807, 2.05) is 27.7 Å². The summed E-state index contributed by atoms with van der Waals surface area (Å²) in [5.41, 5.74) is 13.0. The number of nitrogen functional groups attached to an aromatic ring is 1. The molecule has 0 saturated heterocycles. The molecule has 1 heterocycles. The standard InChI is InChI=1S/C18H18FNO.ClH/c1-9-10(2)18-15(11(3)17(9)20)16(12(4)21-18)13-5-7-14(19)8-6-13;/h5-8H,20H2,1-4H3;1H. The SMILES string of the molecule is Cc1oc2c(C)c(C)c(N)c(C)c2c1-c1ccc(F)cc1.Cl. The lowest BCUT2D eigenvalue weighted by Gasteiger charge is -2.11. The van der Waals surface area contributed by atoms with Gasteiger partial charge < -0.3 is 10.2 Å². The number of halogens is 2. The van der Waals surface area contributed by atoms with E-state index in [1.54, 1.807) is 12.1 Å². The van der Waals surface area contributed by atoms with Gasteiger partial charge in [-0.15, -0.1) is 12.4 Å². The molecule has 2 aromatic carbocycles. The first kappa shape index (κ1) is 16.4. The van der Waals surface area contributed by atoms with Gasteiger partial charge in [0, 0.05) is 16.6 Å². The number of hydrogen-bond donors (Lipinski definition) is 1. The average Bonchev–Trinajstić information content (AvgIpc) is 2.81. The van der Waals surface area contributed by atoms with Gasteiger partial charge in [-0.25, -0.2) is 4.39 Å². The highest BCUT2D eigenvalue weighted by Crippen LogP contribution is 2.41. The van der Waals surface area contributed by atoms with Gasteiger partial charge in [-0.2, -0.15) is 0 Å². The predicted octanol–water partition coefficient (Wildman–Crippen LogP) is 5.48. The molecule has 3 aromatic rings. The van der Waals surface area contributed by atoms with Crippen molar-refractivity contribution in [2.75, 3.05) is 5.73 Å². The molecule has 22 heavy (non-hydrogen) atoms. The molecule has 1 aromatic heterocycles. The lowest BCUT2D eigenvalue weighted by atomic mass is 9.94. The number of hydrogen-bond acceptors (Lipinski definition) is 2. The van der Waals surface area contributed by atoms with Gasteiger partial charge in [0.15, 0.2) is 0 Å². The maximum atomic E-state index is 13.2. The Hall–Kier alpha value is -2.00. The van der Waals surface area contributed by atoms with Crippen molar-refractivity contribution in [3.8, 4) is 11.1 Å². The molecule has 0 amide bonds. The van der Waals surface area contributed by atoms with Crippen LogP contribution in [0.1, 0.15) is 22.5 Å². The molecule has 0 unspecified atom stereocenters. The Bertz CT molecular complexity index is 850. The van der Waals surface area contributed by atoms with Crippen LogP contribution >= 0.6 is 12.4 Å². The van der Waals surface area contributed by atoms with Gasteiger partial charge in [0.25, 0.3) is 0 Å². The second kappa shape index (κ2) is 5.65. The van der Waals surface area contributed by atoms with E-state index < -0.39 is 0 Å². The van der Waals surface area contributed by atoms with Crippen LogP contribution in [0.3, 0.4) is 0 Å². The molecule has 0 atom stereocenters. The van der Waals surface area contributed by atoms with Crippen molar-refractivity contribution in [1.82, 2.24) is 0 Å². The minimum absolute atomic E-state index is 0. The molecule has 2 nitrogen and oxygen atoms in total.